The zero-order valence-corrected chi connectivity index (χ0v) is 12.5. The number of para-hydroxylation sites is 1. The fourth-order valence-electron chi connectivity index (χ4n) is 2.20. The van der Waals surface area contributed by atoms with E-state index in [1.54, 1.807) is 0 Å². The maximum absolute atomic E-state index is 12.5. The van der Waals surface area contributed by atoms with E-state index in [9.17, 15) is 4.79 Å². The second-order valence-electron chi connectivity index (χ2n) is 5.74. The lowest BCUT2D eigenvalue weighted by Gasteiger charge is -2.31. The summed E-state index contributed by atoms with van der Waals surface area (Å²) >= 11 is 0. The Morgan fingerprint density at radius 1 is 1.22 bits per heavy atom. The molecule has 1 aromatic carbocycles. The van der Waals surface area contributed by atoms with E-state index >= 15 is 0 Å². The Labute approximate surface area is 111 Å². The first-order valence-electron chi connectivity index (χ1n) is 6.73. The molecular formula is C16H25NO. The van der Waals surface area contributed by atoms with E-state index < -0.39 is 0 Å². The third-order valence-corrected chi connectivity index (χ3v) is 3.18. The Bertz CT molecular complexity index is 429. The smallest absolute Gasteiger partial charge is 0.232 e. The fourth-order valence-corrected chi connectivity index (χ4v) is 2.20. The van der Waals surface area contributed by atoms with Crippen molar-refractivity contribution in [1.29, 1.82) is 0 Å². The minimum atomic E-state index is -0.344. The van der Waals surface area contributed by atoms with Gasteiger partial charge in [0.1, 0.15) is 0 Å². The molecule has 0 aliphatic carbocycles. The van der Waals surface area contributed by atoms with Crippen molar-refractivity contribution in [3.8, 4) is 0 Å². The zero-order valence-electron chi connectivity index (χ0n) is 12.5. The highest BCUT2D eigenvalue weighted by molar-refractivity contribution is 5.98. The number of amides is 1. The molecule has 0 heterocycles. The van der Waals surface area contributed by atoms with Gasteiger partial charge in [-0.3, -0.25) is 4.79 Å². The van der Waals surface area contributed by atoms with Gasteiger partial charge in [0.25, 0.3) is 0 Å². The van der Waals surface area contributed by atoms with Crippen LogP contribution in [0, 0.1) is 12.3 Å². The molecule has 1 amide bonds. The summed E-state index contributed by atoms with van der Waals surface area (Å²) in [7, 11) is 0. The molecule has 18 heavy (non-hydrogen) atoms. The lowest BCUT2D eigenvalue weighted by atomic mass is 9.93. The maximum Gasteiger partial charge on any atom is 0.232 e. The molecule has 1 aromatic rings. The quantitative estimate of drug-likeness (QED) is 0.791. The number of benzene rings is 1. The van der Waals surface area contributed by atoms with Gasteiger partial charge in [-0.05, 0) is 31.4 Å². The molecule has 0 radical (unpaired) electrons. The van der Waals surface area contributed by atoms with Crippen molar-refractivity contribution < 1.29 is 4.79 Å². The molecule has 2 nitrogen and oxygen atoms in total. The largest absolute Gasteiger partial charge is 0.312 e. The van der Waals surface area contributed by atoms with Gasteiger partial charge in [0, 0.05) is 17.6 Å². The Morgan fingerprint density at radius 2 is 1.83 bits per heavy atom. The minimum absolute atomic E-state index is 0.189. The van der Waals surface area contributed by atoms with Crippen LogP contribution in [0.4, 0.5) is 5.69 Å². The summed E-state index contributed by atoms with van der Waals surface area (Å²) in [5, 5.41) is 0. The van der Waals surface area contributed by atoms with Gasteiger partial charge in [-0.2, -0.15) is 0 Å². The number of hydrogen-bond acceptors (Lipinski definition) is 1. The topological polar surface area (TPSA) is 20.3 Å². The Morgan fingerprint density at radius 3 is 2.28 bits per heavy atom. The van der Waals surface area contributed by atoms with E-state index in [0.717, 1.165) is 12.1 Å². The van der Waals surface area contributed by atoms with Crippen LogP contribution in [0.15, 0.2) is 18.2 Å². The molecule has 0 aliphatic heterocycles. The third-order valence-electron chi connectivity index (χ3n) is 3.18. The molecule has 0 fully saturated rings. The monoisotopic (exact) mass is 247 g/mol. The van der Waals surface area contributed by atoms with Crippen molar-refractivity contribution in [2.75, 3.05) is 11.4 Å². The molecule has 2 heteroatoms. The van der Waals surface area contributed by atoms with Gasteiger partial charge in [-0.15, -0.1) is 0 Å². The van der Waals surface area contributed by atoms with Crippen LogP contribution in [0.5, 0.6) is 0 Å². The summed E-state index contributed by atoms with van der Waals surface area (Å²) in [6.07, 6.45) is 0.949. The van der Waals surface area contributed by atoms with Crippen molar-refractivity contribution in [3.63, 3.8) is 0 Å². The van der Waals surface area contributed by atoms with Gasteiger partial charge >= 0.3 is 0 Å². The molecule has 0 unspecified atom stereocenters. The van der Waals surface area contributed by atoms with Crippen LogP contribution in [0.1, 0.15) is 45.7 Å². The van der Waals surface area contributed by atoms with Crippen molar-refractivity contribution in [2.45, 2.75) is 48.0 Å². The van der Waals surface area contributed by atoms with Crippen LogP contribution in [-0.4, -0.2) is 12.5 Å². The number of carbonyl (C=O) groups is 1. The van der Waals surface area contributed by atoms with Gasteiger partial charge in [0.15, 0.2) is 0 Å². The second-order valence-corrected chi connectivity index (χ2v) is 5.74. The number of carbonyl (C=O) groups excluding carboxylic acids is 1. The summed E-state index contributed by atoms with van der Waals surface area (Å²) in [4.78, 5) is 14.5. The molecular weight excluding hydrogens is 222 g/mol. The molecule has 0 bridgehead atoms. The maximum atomic E-state index is 12.5. The Hall–Kier alpha value is -1.31. The summed E-state index contributed by atoms with van der Waals surface area (Å²) < 4.78 is 0. The van der Waals surface area contributed by atoms with Crippen molar-refractivity contribution in [2.24, 2.45) is 5.41 Å². The molecule has 0 saturated carbocycles. The van der Waals surface area contributed by atoms with Crippen LogP contribution in [-0.2, 0) is 11.2 Å². The zero-order chi connectivity index (χ0) is 13.9. The summed E-state index contributed by atoms with van der Waals surface area (Å²) in [6.45, 7) is 12.9. The Kier molecular flexibility index (Phi) is 4.55. The average Bonchev–Trinajstić information content (AvgIpc) is 2.30. The first-order valence-corrected chi connectivity index (χ1v) is 6.73. The number of nitrogens with zero attached hydrogens (tertiary/aromatic N) is 1. The van der Waals surface area contributed by atoms with Crippen molar-refractivity contribution in [3.05, 3.63) is 29.3 Å². The summed E-state index contributed by atoms with van der Waals surface area (Å²) in [6, 6.07) is 6.25. The van der Waals surface area contributed by atoms with Crippen LogP contribution in [0.3, 0.4) is 0 Å². The number of aryl methyl sites for hydroxylation is 2. The third kappa shape index (κ3) is 2.92. The van der Waals surface area contributed by atoms with Gasteiger partial charge in [0.2, 0.25) is 5.91 Å². The van der Waals surface area contributed by atoms with Crippen LogP contribution in [0.25, 0.3) is 0 Å². The highest BCUT2D eigenvalue weighted by atomic mass is 16.2. The predicted molar refractivity (Wildman–Crippen MR) is 78.0 cm³/mol. The molecule has 0 N–H and O–H groups in total. The molecule has 0 saturated heterocycles. The molecule has 0 aliphatic rings. The summed E-state index contributed by atoms with van der Waals surface area (Å²) in [5.74, 6) is 0.189. The highest BCUT2D eigenvalue weighted by Crippen LogP contribution is 2.29. The minimum Gasteiger partial charge on any atom is -0.312 e. The molecule has 0 atom stereocenters. The van der Waals surface area contributed by atoms with E-state index in [-0.39, 0.29) is 11.3 Å². The van der Waals surface area contributed by atoms with E-state index in [1.165, 1.54) is 11.1 Å². The number of hydrogen-bond donors (Lipinski definition) is 0. The number of rotatable bonds is 3. The Balaban J connectivity index is 3.29. The normalized spacial score (nSPS) is 11.4. The molecule has 100 valence electrons. The van der Waals surface area contributed by atoms with Gasteiger partial charge in [-0.1, -0.05) is 45.9 Å². The van der Waals surface area contributed by atoms with Crippen LogP contribution >= 0.6 is 0 Å². The van der Waals surface area contributed by atoms with Crippen molar-refractivity contribution in [1.82, 2.24) is 0 Å². The van der Waals surface area contributed by atoms with Gasteiger partial charge in [-0.25, -0.2) is 0 Å². The highest BCUT2D eigenvalue weighted by Gasteiger charge is 2.28. The second kappa shape index (κ2) is 5.55. The van der Waals surface area contributed by atoms with Gasteiger partial charge in [0.05, 0.1) is 0 Å². The SMILES string of the molecule is CCc1cccc(C)c1N(CC)C(=O)C(C)(C)C. The number of anilines is 1. The van der Waals surface area contributed by atoms with E-state index in [1.807, 2.05) is 32.6 Å². The lowest BCUT2D eigenvalue weighted by molar-refractivity contribution is -0.125. The van der Waals surface area contributed by atoms with Crippen LogP contribution < -0.4 is 4.90 Å². The average molecular weight is 247 g/mol. The standard InChI is InChI=1S/C16H25NO/c1-7-13-11-9-10-12(3)14(13)17(8-2)15(18)16(4,5)6/h9-11H,7-8H2,1-6H3. The molecule has 1 rings (SSSR count). The first-order chi connectivity index (χ1) is 8.32. The van der Waals surface area contributed by atoms with E-state index in [2.05, 4.69) is 32.0 Å². The van der Waals surface area contributed by atoms with E-state index in [4.69, 9.17) is 0 Å². The van der Waals surface area contributed by atoms with Gasteiger partial charge < -0.3 is 4.90 Å². The fraction of sp³-hybridized carbons (Fsp3) is 0.562. The van der Waals surface area contributed by atoms with Crippen molar-refractivity contribution >= 4 is 11.6 Å². The molecule has 0 spiro atoms. The van der Waals surface area contributed by atoms with E-state index in [0.29, 0.717) is 6.54 Å². The predicted octanol–water partition coefficient (Wildman–Crippen LogP) is 3.96. The first kappa shape index (κ1) is 14.7. The summed E-state index contributed by atoms with van der Waals surface area (Å²) in [5.41, 5.74) is 3.18. The lowest BCUT2D eigenvalue weighted by Crippen LogP contribution is -2.40. The van der Waals surface area contributed by atoms with Crippen LogP contribution in [0.2, 0.25) is 0 Å². The molecule has 0 aromatic heterocycles.